The molecule has 0 spiro atoms. The van der Waals surface area contributed by atoms with E-state index in [0.29, 0.717) is 42.5 Å². The summed E-state index contributed by atoms with van der Waals surface area (Å²) in [4.78, 5) is 28.7. The molecule has 1 heterocycles. The number of urea groups is 1. The van der Waals surface area contributed by atoms with Gasteiger partial charge in [0.25, 0.3) is 5.91 Å². The van der Waals surface area contributed by atoms with Crippen LogP contribution >= 0.6 is 11.6 Å². The number of benzene rings is 2. The molecule has 3 rings (SSSR count). The Hall–Kier alpha value is -2.53. The highest BCUT2D eigenvalue weighted by atomic mass is 35.5. The molecule has 1 aliphatic heterocycles. The molecule has 0 aliphatic carbocycles. The van der Waals surface area contributed by atoms with Crippen LogP contribution in [-0.4, -0.2) is 47.9 Å². The molecular formula is C20H22ClN3O2. The smallest absolute Gasteiger partial charge is 0.321 e. The molecule has 5 nitrogen and oxygen atoms in total. The molecule has 0 unspecified atom stereocenters. The van der Waals surface area contributed by atoms with Crippen molar-refractivity contribution in [2.45, 2.75) is 13.3 Å². The molecule has 0 radical (unpaired) electrons. The van der Waals surface area contributed by atoms with Crippen molar-refractivity contribution in [3.63, 3.8) is 0 Å². The maximum absolute atomic E-state index is 12.7. The van der Waals surface area contributed by atoms with Gasteiger partial charge in [0.15, 0.2) is 0 Å². The van der Waals surface area contributed by atoms with Crippen LogP contribution in [0.3, 0.4) is 0 Å². The molecule has 136 valence electrons. The Bertz CT molecular complexity index is 775. The Morgan fingerprint density at radius 3 is 2.19 bits per heavy atom. The van der Waals surface area contributed by atoms with E-state index in [0.717, 1.165) is 12.0 Å². The van der Waals surface area contributed by atoms with Gasteiger partial charge in [-0.2, -0.15) is 0 Å². The van der Waals surface area contributed by atoms with Crippen LogP contribution in [0.15, 0.2) is 48.5 Å². The summed E-state index contributed by atoms with van der Waals surface area (Å²) in [6.45, 7) is 4.31. The van der Waals surface area contributed by atoms with Crippen molar-refractivity contribution < 1.29 is 9.59 Å². The zero-order valence-electron chi connectivity index (χ0n) is 14.7. The first-order chi connectivity index (χ1) is 12.5. The first kappa shape index (κ1) is 18.3. The van der Waals surface area contributed by atoms with E-state index < -0.39 is 0 Å². The minimum atomic E-state index is -0.156. The number of hydrogen-bond donors (Lipinski definition) is 1. The van der Waals surface area contributed by atoms with Gasteiger partial charge in [0.1, 0.15) is 0 Å². The molecule has 1 aliphatic rings. The van der Waals surface area contributed by atoms with Gasteiger partial charge in [0.2, 0.25) is 0 Å². The predicted molar refractivity (Wildman–Crippen MR) is 104 cm³/mol. The maximum Gasteiger partial charge on any atom is 0.321 e. The maximum atomic E-state index is 12.7. The van der Waals surface area contributed by atoms with Crippen molar-refractivity contribution in [2.24, 2.45) is 0 Å². The molecule has 0 bridgehead atoms. The summed E-state index contributed by atoms with van der Waals surface area (Å²) in [6, 6.07) is 14.5. The summed E-state index contributed by atoms with van der Waals surface area (Å²) < 4.78 is 0. The standard InChI is InChI=1S/C20H22ClN3O2/c1-15-3-5-16(6-4-15)19(25)23-11-2-12-24(14-13-23)20(26)22-18-9-7-17(21)8-10-18/h3-10H,2,11-14H2,1H3,(H,22,26). The second kappa shape index (κ2) is 8.23. The fraction of sp³-hybridized carbons (Fsp3) is 0.300. The third-order valence-corrected chi connectivity index (χ3v) is 4.72. The van der Waals surface area contributed by atoms with Gasteiger partial charge in [-0.15, -0.1) is 0 Å². The van der Waals surface area contributed by atoms with E-state index in [2.05, 4.69) is 5.32 Å². The molecule has 0 aromatic heterocycles. The SMILES string of the molecule is Cc1ccc(C(=O)N2CCCN(C(=O)Nc3ccc(Cl)cc3)CC2)cc1. The first-order valence-electron chi connectivity index (χ1n) is 8.70. The highest BCUT2D eigenvalue weighted by Crippen LogP contribution is 2.15. The lowest BCUT2D eigenvalue weighted by atomic mass is 10.1. The molecule has 2 aromatic carbocycles. The zero-order chi connectivity index (χ0) is 18.5. The van der Waals surface area contributed by atoms with Crippen LogP contribution in [-0.2, 0) is 0 Å². The number of amides is 3. The highest BCUT2D eigenvalue weighted by molar-refractivity contribution is 6.30. The third-order valence-electron chi connectivity index (χ3n) is 4.46. The number of anilines is 1. The number of aryl methyl sites for hydroxylation is 1. The minimum absolute atomic E-state index is 0.0185. The molecule has 6 heteroatoms. The first-order valence-corrected chi connectivity index (χ1v) is 9.08. The van der Waals surface area contributed by atoms with Crippen molar-refractivity contribution in [3.8, 4) is 0 Å². The van der Waals surface area contributed by atoms with Crippen molar-refractivity contribution in [2.75, 3.05) is 31.5 Å². The lowest BCUT2D eigenvalue weighted by Gasteiger charge is -2.22. The molecule has 26 heavy (non-hydrogen) atoms. The van der Waals surface area contributed by atoms with Crippen LogP contribution in [0, 0.1) is 6.92 Å². The van der Waals surface area contributed by atoms with Gasteiger partial charge in [0, 0.05) is 42.5 Å². The lowest BCUT2D eigenvalue weighted by Crippen LogP contribution is -2.39. The Labute approximate surface area is 158 Å². The van der Waals surface area contributed by atoms with Gasteiger partial charge >= 0.3 is 6.03 Å². The normalized spacial score (nSPS) is 14.7. The Morgan fingerprint density at radius 1 is 0.885 bits per heavy atom. The van der Waals surface area contributed by atoms with E-state index in [9.17, 15) is 9.59 Å². The number of rotatable bonds is 2. The van der Waals surface area contributed by atoms with Crippen LogP contribution in [0.25, 0.3) is 0 Å². The largest absolute Gasteiger partial charge is 0.337 e. The van der Waals surface area contributed by atoms with Crippen molar-refractivity contribution >= 4 is 29.2 Å². The summed E-state index contributed by atoms with van der Waals surface area (Å²) in [5, 5.41) is 3.50. The van der Waals surface area contributed by atoms with E-state index >= 15 is 0 Å². The van der Waals surface area contributed by atoms with E-state index in [1.54, 1.807) is 29.2 Å². The van der Waals surface area contributed by atoms with Gasteiger partial charge in [-0.1, -0.05) is 29.3 Å². The van der Waals surface area contributed by atoms with E-state index in [-0.39, 0.29) is 11.9 Å². The molecule has 0 saturated carbocycles. The van der Waals surface area contributed by atoms with Crippen LogP contribution in [0.1, 0.15) is 22.3 Å². The van der Waals surface area contributed by atoms with Crippen molar-refractivity contribution in [1.29, 1.82) is 0 Å². The average molecular weight is 372 g/mol. The molecule has 1 N–H and O–H groups in total. The summed E-state index contributed by atoms with van der Waals surface area (Å²) in [7, 11) is 0. The van der Waals surface area contributed by atoms with Crippen molar-refractivity contribution in [1.82, 2.24) is 9.80 Å². The molecule has 0 atom stereocenters. The Balaban J connectivity index is 1.58. The van der Waals surface area contributed by atoms with Gasteiger partial charge in [0.05, 0.1) is 0 Å². The molecule has 2 aromatic rings. The van der Waals surface area contributed by atoms with Crippen LogP contribution in [0.2, 0.25) is 5.02 Å². The fourth-order valence-corrected chi connectivity index (χ4v) is 3.06. The lowest BCUT2D eigenvalue weighted by molar-refractivity contribution is 0.0762. The minimum Gasteiger partial charge on any atom is -0.337 e. The van der Waals surface area contributed by atoms with Crippen LogP contribution < -0.4 is 5.32 Å². The number of hydrogen-bond acceptors (Lipinski definition) is 2. The van der Waals surface area contributed by atoms with Gasteiger partial charge in [-0.25, -0.2) is 4.79 Å². The number of nitrogens with one attached hydrogen (secondary N) is 1. The molecular weight excluding hydrogens is 350 g/mol. The van der Waals surface area contributed by atoms with Gasteiger partial charge in [-0.3, -0.25) is 4.79 Å². The fourth-order valence-electron chi connectivity index (χ4n) is 2.94. The number of halogens is 1. The predicted octanol–water partition coefficient (Wildman–Crippen LogP) is 4.03. The Kier molecular flexibility index (Phi) is 5.78. The number of nitrogens with zero attached hydrogens (tertiary/aromatic N) is 2. The number of carbonyl (C=O) groups excluding carboxylic acids is 2. The van der Waals surface area contributed by atoms with Crippen molar-refractivity contribution in [3.05, 3.63) is 64.7 Å². The second-order valence-corrected chi connectivity index (χ2v) is 6.87. The zero-order valence-corrected chi connectivity index (χ0v) is 15.5. The summed E-state index contributed by atoms with van der Waals surface area (Å²) >= 11 is 5.86. The topological polar surface area (TPSA) is 52.7 Å². The molecule has 1 fully saturated rings. The third kappa shape index (κ3) is 4.55. The average Bonchev–Trinajstić information content (AvgIpc) is 2.90. The summed E-state index contributed by atoms with van der Waals surface area (Å²) in [5.74, 6) is 0.0185. The van der Waals surface area contributed by atoms with Crippen LogP contribution in [0.4, 0.5) is 10.5 Å². The molecule has 3 amide bonds. The van der Waals surface area contributed by atoms with E-state index in [1.165, 1.54) is 0 Å². The van der Waals surface area contributed by atoms with Crippen LogP contribution in [0.5, 0.6) is 0 Å². The monoisotopic (exact) mass is 371 g/mol. The quantitative estimate of drug-likeness (QED) is 0.866. The second-order valence-electron chi connectivity index (χ2n) is 6.44. The van der Waals surface area contributed by atoms with E-state index in [4.69, 9.17) is 11.6 Å². The highest BCUT2D eigenvalue weighted by Gasteiger charge is 2.22. The summed E-state index contributed by atoms with van der Waals surface area (Å²) in [6.07, 6.45) is 0.756. The van der Waals surface area contributed by atoms with E-state index in [1.807, 2.05) is 36.1 Å². The molecule has 1 saturated heterocycles. The van der Waals surface area contributed by atoms with Gasteiger partial charge in [-0.05, 0) is 49.7 Å². The van der Waals surface area contributed by atoms with Gasteiger partial charge < -0.3 is 15.1 Å². The summed E-state index contributed by atoms with van der Waals surface area (Å²) in [5.41, 5.74) is 2.52. The Morgan fingerprint density at radius 2 is 1.50 bits per heavy atom. The number of carbonyl (C=O) groups is 2.